The van der Waals surface area contributed by atoms with Crippen LogP contribution < -0.4 is 0 Å². The molecule has 0 N–H and O–H groups in total. The summed E-state index contributed by atoms with van der Waals surface area (Å²) in [5.41, 5.74) is -0.578. The van der Waals surface area contributed by atoms with Crippen LogP contribution in [-0.4, -0.2) is 18.9 Å². The molecule has 0 amide bonds. The van der Waals surface area contributed by atoms with Crippen molar-refractivity contribution >= 4 is 12.3 Å². The van der Waals surface area contributed by atoms with Crippen molar-refractivity contribution in [1.82, 2.24) is 0 Å². The molecular formula is C13H10F2O3. The summed E-state index contributed by atoms with van der Waals surface area (Å²) in [6.45, 7) is 1.91. The minimum atomic E-state index is -0.981. The van der Waals surface area contributed by atoms with E-state index in [9.17, 15) is 18.4 Å². The number of carbonyl (C=O) groups excluding carboxylic acids is 2. The Balaban J connectivity index is 2.84. The van der Waals surface area contributed by atoms with E-state index >= 15 is 0 Å². The zero-order valence-corrected chi connectivity index (χ0v) is 9.63. The smallest absolute Gasteiger partial charge is 0.317 e. The van der Waals surface area contributed by atoms with Crippen molar-refractivity contribution in [3.05, 3.63) is 34.9 Å². The number of esters is 1. The fourth-order valence-electron chi connectivity index (χ4n) is 1.20. The topological polar surface area (TPSA) is 43.4 Å². The molecule has 0 heterocycles. The van der Waals surface area contributed by atoms with Crippen molar-refractivity contribution in [3.63, 3.8) is 0 Å². The second-order valence-electron chi connectivity index (χ2n) is 3.25. The lowest BCUT2D eigenvalue weighted by Crippen LogP contribution is -2.01. The number of rotatable bonds is 3. The van der Waals surface area contributed by atoms with Gasteiger partial charge in [-0.3, -0.25) is 9.59 Å². The third-order valence-corrected chi connectivity index (χ3v) is 1.97. The standard InChI is InChI=1S/C13H10F2O3/c1-2-18-13(17)5-3-4-9-6-11(14)10(8-16)12(15)7-9/h6-8H,2,5H2,1H3. The van der Waals surface area contributed by atoms with Crippen LogP contribution in [0.15, 0.2) is 12.1 Å². The third-order valence-electron chi connectivity index (χ3n) is 1.97. The van der Waals surface area contributed by atoms with E-state index in [0.717, 1.165) is 12.1 Å². The zero-order valence-electron chi connectivity index (χ0n) is 9.63. The number of hydrogen-bond donors (Lipinski definition) is 0. The Kier molecular flexibility index (Phi) is 5.00. The summed E-state index contributed by atoms with van der Waals surface area (Å²) in [5.74, 6) is 2.39. The van der Waals surface area contributed by atoms with Gasteiger partial charge in [-0.2, -0.15) is 0 Å². The maximum Gasteiger partial charge on any atom is 0.317 e. The van der Waals surface area contributed by atoms with E-state index in [1.54, 1.807) is 6.92 Å². The van der Waals surface area contributed by atoms with Crippen LogP contribution >= 0.6 is 0 Å². The highest BCUT2D eigenvalue weighted by atomic mass is 19.1. The Morgan fingerprint density at radius 2 is 2.00 bits per heavy atom. The van der Waals surface area contributed by atoms with Crippen molar-refractivity contribution in [2.24, 2.45) is 0 Å². The van der Waals surface area contributed by atoms with E-state index in [1.807, 2.05) is 0 Å². The fourth-order valence-corrected chi connectivity index (χ4v) is 1.20. The quantitative estimate of drug-likeness (QED) is 0.470. The molecule has 0 aliphatic rings. The van der Waals surface area contributed by atoms with Gasteiger partial charge in [0.15, 0.2) is 6.29 Å². The predicted molar refractivity (Wildman–Crippen MR) is 59.9 cm³/mol. The summed E-state index contributed by atoms with van der Waals surface area (Å²) in [7, 11) is 0. The first kappa shape index (κ1) is 13.8. The van der Waals surface area contributed by atoms with Gasteiger partial charge in [0.2, 0.25) is 0 Å². The van der Waals surface area contributed by atoms with Crippen LogP contribution in [0.25, 0.3) is 0 Å². The molecule has 0 atom stereocenters. The minimum Gasteiger partial charge on any atom is -0.465 e. The summed E-state index contributed by atoms with van der Waals surface area (Å²) < 4.78 is 31.0. The van der Waals surface area contributed by atoms with Crippen LogP contribution in [0.5, 0.6) is 0 Å². The Bertz CT molecular complexity index is 504. The maximum atomic E-state index is 13.2. The highest BCUT2D eigenvalue weighted by Crippen LogP contribution is 2.12. The molecular weight excluding hydrogens is 242 g/mol. The lowest BCUT2D eigenvalue weighted by Gasteiger charge is -1.98. The largest absolute Gasteiger partial charge is 0.465 e. The molecule has 1 aromatic carbocycles. The van der Waals surface area contributed by atoms with Gasteiger partial charge >= 0.3 is 5.97 Å². The van der Waals surface area contributed by atoms with Gasteiger partial charge in [0.25, 0.3) is 0 Å². The van der Waals surface area contributed by atoms with E-state index in [1.165, 1.54) is 0 Å². The van der Waals surface area contributed by atoms with Gasteiger partial charge in [-0.1, -0.05) is 11.8 Å². The van der Waals surface area contributed by atoms with Crippen molar-refractivity contribution < 1.29 is 23.1 Å². The van der Waals surface area contributed by atoms with Gasteiger partial charge in [-0.05, 0) is 19.1 Å². The Hall–Kier alpha value is -2.22. The van der Waals surface area contributed by atoms with Gasteiger partial charge in [-0.15, -0.1) is 0 Å². The molecule has 0 aliphatic carbocycles. The lowest BCUT2D eigenvalue weighted by atomic mass is 10.1. The monoisotopic (exact) mass is 252 g/mol. The molecule has 3 nitrogen and oxygen atoms in total. The number of carbonyl (C=O) groups is 2. The van der Waals surface area contributed by atoms with Gasteiger partial charge in [0, 0.05) is 5.56 Å². The van der Waals surface area contributed by atoms with E-state index < -0.39 is 23.2 Å². The van der Waals surface area contributed by atoms with Crippen LogP contribution in [0.3, 0.4) is 0 Å². The van der Waals surface area contributed by atoms with Crippen LogP contribution in [0, 0.1) is 23.5 Å². The highest BCUT2D eigenvalue weighted by Gasteiger charge is 2.09. The number of halogens is 2. The molecule has 1 rings (SSSR count). The number of benzene rings is 1. The van der Waals surface area contributed by atoms with Crippen LogP contribution in [0.4, 0.5) is 8.78 Å². The number of ether oxygens (including phenoxy) is 1. The van der Waals surface area contributed by atoms with Crippen LogP contribution in [0.2, 0.25) is 0 Å². The molecule has 0 aromatic heterocycles. The number of aldehydes is 1. The summed E-state index contributed by atoms with van der Waals surface area (Å²) in [6, 6.07) is 1.87. The Morgan fingerprint density at radius 1 is 1.39 bits per heavy atom. The molecule has 94 valence electrons. The Labute approximate surface area is 103 Å². The van der Waals surface area contributed by atoms with Crippen molar-refractivity contribution in [2.75, 3.05) is 6.61 Å². The lowest BCUT2D eigenvalue weighted by molar-refractivity contribution is -0.141. The van der Waals surface area contributed by atoms with Gasteiger partial charge < -0.3 is 4.74 Å². The first-order valence-electron chi connectivity index (χ1n) is 5.17. The predicted octanol–water partition coefficient (Wildman–Crippen LogP) is 2.08. The molecule has 0 spiro atoms. The van der Waals surface area contributed by atoms with Gasteiger partial charge in [-0.25, -0.2) is 8.78 Å². The van der Waals surface area contributed by atoms with Crippen molar-refractivity contribution in [1.29, 1.82) is 0 Å². The molecule has 0 radical (unpaired) electrons. The SMILES string of the molecule is CCOC(=O)CC#Cc1cc(F)c(C=O)c(F)c1. The minimum absolute atomic E-state index is 0.0555. The van der Waals surface area contributed by atoms with E-state index in [0.29, 0.717) is 0 Å². The average Bonchev–Trinajstić information content (AvgIpc) is 2.29. The molecule has 18 heavy (non-hydrogen) atoms. The molecule has 0 fully saturated rings. The summed E-state index contributed by atoms with van der Waals surface area (Å²) >= 11 is 0. The Morgan fingerprint density at radius 3 is 2.50 bits per heavy atom. The maximum absolute atomic E-state index is 13.2. The molecule has 0 aliphatic heterocycles. The molecule has 0 saturated heterocycles. The molecule has 0 saturated carbocycles. The zero-order chi connectivity index (χ0) is 13.5. The summed E-state index contributed by atoms with van der Waals surface area (Å²) in [4.78, 5) is 21.3. The summed E-state index contributed by atoms with van der Waals surface area (Å²) in [6.07, 6.45) is -0.0625. The van der Waals surface area contributed by atoms with Crippen LogP contribution in [0.1, 0.15) is 29.3 Å². The van der Waals surface area contributed by atoms with E-state index in [4.69, 9.17) is 0 Å². The van der Waals surface area contributed by atoms with Gasteiger partial charge in [0.05, 0.1) is 12.2 Å². The van der Waals surface area contributed by atoms with Gasteiger partial charge in [0.1, 0.15) is 18.1 Å². The number of hydrogen-bond acceptors (Lipinski definition) is 3. The normalized spacial score (nSPS) is 9.28. The second kappa shape index (κ2) is 6.50. The molecule has 1 aromatic rings. The fraction of sp³-hybridized carbons (Fsp3) is 0.231. The molecule has 0 bridgehead atoms. The van der Waals surface area contributed by atoms with Crippen LogP contribution in [-0.2, 0) is 9.53 Å². The van der Waals surface area contributed by atoms with Crippen molar-refractivity contribution in [3.8, 4) is 11.8 Å². The van der Waals surface area contributed by atoms with E-state index in [-0.39, 0.29) is 24.9 Å². The van der Waals surface area contributed by atoms with Crippen molar-refractivity contribution in [2.45, 2.75) is 13.3 Å². The second-order valence-corrected chi connectivity index (χ2v) is 3.25. The first-order chi connectivity index (χ1) is 8.58. The molecule has 0 unspecified atom stereocenters. The van der Waals surface area contributed by atoms with E-state index in [2.05, 4.69) is 16.6 Å². The summed E-state index contributed by atoms with van der Waals surface area (Å²) in [5, 5.41) is 0. The molecule has 5 heteroatoms. The average molecular weight is 252 g/mol. The first-order valence-corrected chi connectivity index (χ1v) is 5.17. The third kappa shape index (κ3) is 3.67. The highest BCUT2D eigenvalue weighted by molar-refractivity contribution is 5.76.